The quantitative estimate of drug-likeness (QED) is 0.645. The number of aromatic nitrogens is 1. The summed E-state index contributed by atoms with van der Waals surface area (Å²) >= 11 is 0. The summed E-state index contributed by atoms with van der Waals surface area (Å²) in [5.74, 6) is 0.0440. The molecule has 5 heteroatoms. The molecule has 1 N–H and O–H groups in total. The minimum atomic E-state index is -0.983. The summed E-state index contributed by atoms with van der Waals surface area (Å²) in [5, 5.41) is 19.5. The third-order valence-corrected chi connectivity index (χ3v) is 2.11. The zero-order valence-corrected chi connectivity index (χ0v) is 8.74. The van der Waals surface area contributed by atoms with Crippen molar-refractivity contribution in [2.45, 2.75) is 0 Å². The molecule has 0 bridgehead atoms. The fourth-order valence-electron chi connectivity index (χ4n) is 1.27. The van der Waals surface area contributed by atoms with E-state index in [1.165, 1.54) is 36.7 Å². The molecule has 17 heavy (non-hydrogen) atoms. The van der Waals surface area contributed by atoms with Gasteiger partial charge in [0.15, 0.2) is 12.4 Å². The predicted octanol–water partition coefficient (Wildman–Crippen LogP) is 1.81. The fourth-order valence-corrected chi connectivity index (χ4v) is 1.27. The van der Waals surface area contributed by atoms with Gasteiger partial charge < -0.3 is 15.1 Å². The molecule has 0 amide bonds. The lowest BCUT2D eigenvalue weighted by atomic mass is 10.2. The second-order valence-corrected chi connectivity index (χ2v) is 3.33. The number of benzene rings is 1. The number of rotatable bonds is 3. The van der Waals surface area contributed by atoms with E-state index in [1.807, 2.05) is 0 Å². The maximum atomic E-state index is 10.8. The topological polar surface area (TPSA) is 73.5 Å². The summed E-state index contributed by atoms with van der Waals surface area (Å²) in [4.78, 5) is 10.6. The Morgan fingerprint density at radius 2 is 1.59 bits per heavy atom. The Morgan fingerprint density at radius 3 is 2.12 bits per heavy atom. The molecule has 0 spiro atoms. The zero-order valence-electron chi connectivity index (χ0n) is 8.74. The van der Waals surface area contributed by atoms with Crippen LogP contribution in [-0.4, -0.2) is 11.1 Å². The van der Waals surface area contributed by atoms with Crippen LogP contribution in [0.15, 0.2) is 48.8 Å². The highest BCUT2D eigenvalue weighted by Crippen LogP contribution is 2.20. The van der Waals surface area contributed by atoms with Gasteiger partial charge in [0.25, 0.3) is 0 Å². The molecular formula is C12H9NO4. The average Bonchev–Trinajstić information content (AvgIpc) is 2.33. The third-order valence-electron chi connectivity index (χ3n) is 2.11. The van der Waals surface area contributed by atoms with E-state index in [0.717, 1.165) is 0 Å². The Morgan fingerprint density at radius 1 is 1.06 bits per heavy atom. The van der Waals surface area contributed by atoms with Crippen LogP contribution in [0.3, 0.4) is 0 Å². The van der Waals surface area contributed by atoms with Gasteiger partial charge >= 0.3 is 5.97 Å². The highest BCUT2D eigenvalue weighted by molar-refractivity contribution is 5.87. The molecule has 1 heterocycles. The molecule has 2 aromatic rings. The van der Waals surface area contributed by atoms with Crippen molar-refractivity contribution in [1.82, 2.24) is 0 Å². The number of pyridine rings is 1. The minimum Gasteiger partial charge on any atom is -0.619 e. The molecule has 5 nitrogen and oxygen atoms in total. The molecule has 0 aliphatic carbocycles. The molecule has 0 unspecified atom stereocenters. The van der Waals surface area contributed by atoms with Gasteiger partial charge in [-0.15, -0.1) is 0 Å². The maximum Gasteiger partial charge on any atom is 0.335 e. The fraction of sp³-hybridized carbons (Fsp3) is 0. The van der Waals surface area contributed by atoms with E-state index in [0.29, 0.717) is 16.2 Å². The van der Waals surface area contributed by atoms with E-state index >= 15 is 0 Å². The molecule has 86 valence electrons. The summed E-state index contributed by atoms with van der Waals surface area (Å²) in [6.45, 7) is 0. The molecule has 1 aromatic carbocycles. The number of ether oxygens (including phenoxy) is 1. The van der Waals surface area contributed by atoms with Gasteiger partial charge in [0.05, 0.1) is 5.56 Å². The van der Waals surface area contributed by atoms with Crippen LogP contribution in [0.4, 0.5) is 0 Å². The second-order valence-electron chi connectivity index (χ2n) is 3.33. The van der Waals surface area contributed by atoms with Crippen molar-refractivity contribution in [1.29, 1.82) is 0 Å². The van der Waals surface area contributed by atoms with E-state index in [9.17, 15) is 10.0 Å². The largest absolute Gasteiger partial charge is 0.619 e. The molecular weight excluding hydrogens is 222 g/mol. The van der Waals surface area contributed by atoms with Crippen LogP contribution in [0, 0.1) is 5.21 Å². The summed E-state index contributed by atoms with van der Waals surface area (Å²) in [5.41, 5.74) is 0.197. The molecule has 0 aliphatic heterocycles. The van der Waals surface area contributed by atoms with Crippen LogP contribution >= 0.6 is 0 Å². The number of nitrogens with zero attached hydrogens (tertiary/aromatic N) is 1. The zero-order chi connectivity index (χ0) is 12.3. The van der Waals surface area contributed by atoms with Gasteiger partial charge in [-0.05, 0) is 24.3 Å². The Kier molecular flexibility index (Phi) is 2.91. The van der Waals surface area contributed by atoms with Gasteiger partial charge in [0.2, 0.25) is 0 Å². The maximum absolute atomic E-state index is 10.8. The number of carboxylic acids is 1. The summed E-state index contributed by atoms with van der Waals surface area (Å²) in [6.07, 6.45) is 2.64. The van der Waals surface area contributed by atoms with Crippen LogP contribution in [0.25, 0.3) is 0 Å². The Hall–Kier alpha value is -2.56. The van der Waals surface area contributed by atoms with Crippen molar-refractivity contribution >= 4 is 5.97 Å². The lowest BCUT2D eigenvalue weighted by Gasteiger charge is -2.05. The van der Waals surface area contributed by atoms with E-state index in [1.54, 1.807) is 12.1 Å². The molecule has 0 aliphatic rings. The minimum absolute atomic E-state index is 0.197. The number of hydrogen-bond acceptors (Lipinski definition) is 3. The highest BCUT2D eigenvalue weighted by atomic mass is 16.5. The van der Waals surface area contributed by atoms with Crippen LogP contribution in [0.5, 0.6) is 11.5 Å². The van der Waals surface area contributed by atoms with E-state index in [-0.39, 0.29) is 5.56 Å². The van der Waals surface area contributed by atoms with Crippen molar-refractivity contribution < 1.29 is 19.4 Å². The lowest BCUT2D eigenvalue weighted by Crippen LogP contribution is -2.23. The van der Waals surface area contributed by atoms with Gasteiger partial charge in [-0.25, -0.2) is 4.79 Å². The molecule has 0 saturated carbocycles. The van der Waals surface area contributed by atoms with Gasteiger partial charge in [-0.2, -0.15) is 4.73 Å². The summed E-state index contributed by atoms with van der Waals surface area (Å²) in [6, 6.07) is 9.07. The Balaban J connectivity index is 2.13. The first-order chi connectivity index (χ1) is 8.15. The summed E-state index contributed by atoms with van der Waals surface area (Å²) in [7, 11) is 0. The first-order valence-corrected chi connectivity index (χ1v) is 4.85. The lowest BCUT2D eigenvalue weighted by molar-refractivity contribution is -0.605. The number of hydrogen-bond donors (Lipinski definition) is 1. The monoisotopic (exact) mass is 231 g/mol. The Bertz CT molecular complexity index is 519. The van der Waals surface area contributed by atoms with Gasteiger partial charge in [0.1, 0.15) is 11.5 Å². The number of carbonyl (C=O) groups is 1. The predicted molar refractivity (Wildman–Crippen MR) is 58.9 cm³/mol. The molecule has 0 fully saturated rings. The molecule has 0 radical (unpaired) electrons. The Labute approximate surface area is 97.1 Å². The van der Waals surface area contributed by atoms with E-state index in [2.05, 4.69) is 0 Å². The normalized spacial score (nSPS) is 9.88. The second kappa shape index (κ2) is 4.52. The smallest absolute Gasteiger partial charge is 0.335 e. The van der Waals surface area contributed by atoms with E-state index < -0.39 is 5.97 Å². The van der Waals surface area contributed by atoms with Crippen molar-refractivity contribution in [2.24, 2.45) is 0 Å². The van der Waals surface area contributed by atoms with E-state index in [4.69, 9.17) is 9.84 Å². The molecule has 1 aromatic heterocycles. The standard InChI is InChI=1S/C12H9NO4/c14-12(15)9-1-3-10(4-2-9)17-11-5-7-13(16)8-6-11/h1-8H,(H,14,15). The van der Waals surface area contributed by atoms with Crippen LogP contribution in [0.2, 0.25) is 0 Å². The first-order valence-electron chi connectivity index (χ1n) is 4.85. The number of aromatic carboxylic acids is 1. The molecule has 2 rings (SSSR count). The van der Waals surface area contributed by atoms with Gasteiger partial charge in [-0.3, -0.25) is 0 Å². The highest BCUT2D eigenvalue weighted by Gasteiger charge is 2.03. The van der Waals surface area contributed by atoms with Gasteiger partial charge in [-0.1, -0.05) is 0 Å². The van der Waals surface area contributed by atoms with Crippen molar-refractivity contribution in [2.75, 3.05) is 0 Å². The van der Waals surface area contributed by atoms with Crippen molar-refractivity contribution in [3.63, 3.8) is 0 Å². The average molecular weight is 231 g/mol. The van der Waals surface area contributed by atoms with Crippen molar-refractivity contribution in [3.8, 4) is 11.5 Å². The molecule has 0 saturated heterocycles. The van der Waals surface area contributed by atoms with Crippen LogP contribution < -0.4 is 9.47 Å². The van der Waals surface area contributed by atoms with Gasteiger partial charge in [0, 0.05) is 12.1 Å². The van der Waals surface area contributed by atoms with Crippen molar-refractivity contribution in [3.05, 3.63) is 59.6 Å². The van der Waals surface area contributed by atoms with Crippen LogP contribution in [-0.2, 0) is 0 Å². The van der Waals surface area contributed by atoms with Crippen LogP contribution in [0.1, 0.15) is 10.4 Å². The SMILES string of the molecule is O=C(O)c1ccc(Oc2cc[n+]([O-])cc2)cc1. The number of carboxylic acid groups (broad SMARTS) is 1. The summed E-state index contributed by atoms with van der Waals surface area (Å²) < 4.78 is 6.08. The molecule has 0 atom stereocenters. The first kappa shape index (κ1) is 10.9. The third kappa shape index (κ3) is 2.72.